The second-order valence-electron chi connectivity index (χ2n) is 4.41. The zero-order valence-corrected chi connectivity index (χ0v) is 12.2. The maximum atomic E-state index is 11.9. The van der Waals surface area contributed by atoms with Gasteiger partial charge >= 0.3 is 6.03 Å². The quantitative estimate of drug-likeness (QED) is 0.766. The van der Waals surface area contributed by atoms with Crippen molar-refractivity contribution in [2.24, 2.45) is 0 Å². The number of anilines is 2. The van der Waals surface area contributed by atoms with E-state index in [1.807, 2.05) is 0 Å². The van der Waals surface area contributed by atoms with Crippen LogP contribution in [0.15, 0.2) is 48.5 Å². The molecule has 0 radical (unpaired) electrons. The Balaban J connectivity index is 1.93. The van der Waals surface area contributed by atoms with Gasteiger partial charge < -0.3 is 25.2 Å². The molecule has 0 aliphatic carbocycles. The Bertz CT molecular complexity index is 614. The van der Waals surface area contributed by atoms with Crippen LogP contribution in [0.25, 0.3) is 0 Å². The molecule has 2 aromatic carbocycles. The van der Waals surface area contributed by atoms with E-state index < -0.39 is 0 Å². The highest BCUT2D eigenvalue weighted by atomic mass is 16.5. The van der Waals surface area contributed by atoms with Gasteiger partial charge in [0.2, 0.25) is 0 Å². The maximum absolute atomic E-state index is 11.9. The average molecular weight is 302 g/mol. The molecule has 0 saturated heterocycles. The zero-order chi connectivity index (χ0) is 15.8. The van der Waals surface area contributed by atoms with Crippen LogP contribution in [-0.2, 0) is 0 Å². The maximum Gasteiger partial charge on any atom is 0.323 e. The Kier molecular flexibility index (Phi) is 5.62. The van der Waals surface area contributed by atoms with Gasteiger partial charge in [-0.3, -0.25) is 0 Å². The fourth-order valence-corrected chi connectivity index (χ4v) is 1.79. The number of carbonyl (C=O) groups excluding carboxylic acids is 1. The van der Waals surface area contributed by atoms with Crippen LogP contribution in [0, 0.1) is 0 Å². The minimum Gasteiger partial charge on any atom is -0.497 e. The van der Waals surface area contributed by atoms with Gasteiger partial charge in [-0.15, -0.1) is 0 Å². The molecule has 3 N–H and O–H groups in total. The molecular formula is C16H18N2O4. The number of carbonyl (C=O) groups is 1. The summed E-state index contributed by atoms with van der Waals surface area (Å²) >= 11 is 0. The number of aliphatic hydroxyl groups is 1. The van der Waals surface area contributed by atoms with Crippen LogP contribution in [0.4, 0.5) is 16.2 Å². The third-order valence-corrected chi connectivity index (χ3v) is 2.80. The summed E-state index contributed by atoms with van der Waals surface area (Å²) in [5.74, 6) is 1.30. The minimum absolute atomic E-state index is 0.0599. The van der Waals surface area contributed by atoms with E-state index in [0.717, 1.165) is 5.75 Å². The number of benzene rings is 2. The molecule has 22 heavy (non-hydrogen) atoms. The highest BCUT2D eigenvalue weighted by molar-refractivity contribution is 5.99. The van der Waals surface area contributed by atoms with Gasteiger partial charge in [-0.25, -0.2) is 4.79 Å². The average Bonchev–Trinajstić information content (AvgIpc) is 2.54. The van der Waals surface area contributed by atoms with Crippen molar-refractivity contribution in [3.63, 3.8) is 0 Å². The fraction of sp³-hybridized carbons (Fsp3) is 0.188. The Morgan fingerprint density at radius 3 is 2.45 bits per heavy atom. The van der Waals surface area contributed by atoms with Gasteiger partial charge in [0.25, 0.3) is 0 Å². The first-order chi connectivity index (χ1) is 10.7. The molecule has 0 aliphatic rings. The van der Waals surface area contributed by atoms with Gasteiger partial charge in [-0.05, 0) is 36.4 Å². The summed E-state index contributed by atoms with van der Waals surface area (Å²) in [5, 5.41) is 14.2. The number of hydrogen-bond acceptors (Lipinski definition) is 4. The SMILES string of the molecule is COc1ccc(NC(=O)Nc2cccc(OCCO)c2)cc1. The first kappa shape index (κ1) is 15.7. The predicted octanol–water partition coefficient (Wildman–Crippen LogP) is 2.71. The summed E-state index contributed by atoms with van der Waals surface area (Å²) < 4.78 is 10.3. The number of methoxy groups -OCH3 is 1. The molecule has 0 unspecified atom stereocenters. The predicted molar refractivity (Wildman–Crippen MR) is 84.7 cm³/mol. The molecule has 0 fully saturated rings. The number of aliphatic hydroxyl groups excluding tert-OH is 1. The number of amides is 2. The van der Waals surface area contributed by atoms with E-state index in [1.165, 1.54) is 0 Å². The summed E-state index contributed by atoms with van der Waals surface area (Å²) in [5.41, 5.74) is 1.26. The van der Waals surface area contributed by atoms with E-state index in [2.05, 4.69) is 10.6 Å². The first-order valence-electron chi connectivity index (χ1n) is 6.77. The van der Waals surface area contributed by atoms with Crippen molar-refractivity contribution >= 4 is 17.4 Å². The molecule has 116 valence electrons. The van der Waals surface area contributed by atoms with Gasteiger partial charge in [-0.1, -0.05) is 6.07 Å². The van der Waals surface area contributed by atoms with Gasteiger partial charge in [0.1, 0.15) is 18.1 Å². The Morgan fingerprint density at radius 2 is 1.77 bits per heavy atom. The van der Waals surface area contributed by atoms with E-state index in [9.17, 15) is 4.79 Å². The highest BCUT2D eigenvalue weighted by Gasteiger charge is 2.04. The highest BCUT2D eigenvalue weighted by Crippen LogP contribution is 2.18. The molecule has 0 bridgehead atoms. The summed E-state index contributed by atoms with van der Waals surface area (Å²) in [4.78, 5) is 11.9. The van der Waals surface area contributed by atoms with Crippen LogP contribution in [-0.4, -0.2) is 31.5 Å². The van der Waals surface area contributed by atoms with Gasteiger partial charge in [0.05, 0.1) is 13.7 Å². The van der Waals surface area contributed by atoms with Crippen molar-refractivity contribution in [1.29, 1.82) is 0 Å². The topological polar surface area (TPSA) is 79.8 Å². The van der Waals surface area contributed by atoms with Crippen LogP contribution in [0.3, 0.4) is 0 Å². The Morgan fingerprint density at radius 1 is 1.05 bits per heavy atom. The summed E-state index contributed by atoms with van der Waals surface area (Å²) in [6.07, 6.45) is 0. The molecule has 2 rings (SSSR count). The van der Waals surface area contributed by atoms with Crippen LogP contribution in [0.5, 0.6) is 11.5 Å². The van der Waals surface area contributed by atoms with E-state index in [0.29, 0.717) is 17.1 Å². The minimum atomic E-state index is -0.357. The molecule has 0 heterocycles. The molecule has 0 atom stereocenters. The van der Waals surface area contributed by atoms with Crippen LogP contribution in [0.2, 0.25) is 0 Å². The molecule has 6 heteroatoms. The molecule has 0 aliphatic heterocycles. The normalized spacial score (nSPS) is 9.91. The largest absolute Gasteiger partial charge is 0.497 e. The van der Waals surface area contributed by atoms with Gasteiger partial charge in [0.15, 0.2) is 0 Å². The van der Waals surface area contributed by atoms with Crippen molar-refractivity contribution < 1.29 is 19.4 Å². The number of nitrogens with one attached hydrogen (secondary N) is 2. The lowest BCUT2D eigenvalue weighted by molar-refractivity contribution is 0.201. The van der Waals surface area contributed by atoms with Crippen molar-refractivity contribution in [3.8, 4) is 11.5 Å². The molecular weight excluding hydrogens is 284 g/mol. The van der Waals surface area contributed by atoms with Crippen molar-refractivity contribution in [1.82, 2.24) is 0 Å². The Hall–Kier alpha value is -2.73. The number of rotatable bonds is 6. The lowest BCUT2D eigenvalue weighted by atomic mass is 10.3. The first-order valence-corrected chi connectivity index (χ1v) is 6.77. The fourth-order valence-electron chi connectivity index (χ4n) is 1.79. The van der Waals surface area contributed by atoms with E-state index in [-0.39, 0.29) is 19.2 Å². The van der Waals surface area contributed by atoms with Crippen LogP contribution >= 0.6 is 0 Å². The summed E-state index contributed by atoms with van der Waals surface area (Å²) in [6, 6.07) is 13.6. The van der Waals surface area contributed by atoms with Crippen molar-refractivity contribution in [2.75, 3.05) is 31.0 Å². The second kappa shape index (κ2) is 7.90. The molecule has 0 spiro atoms. The van der Waals surface area contributed by atoms with Gasteiger partial charge in [-0.2, -0.15) is 0 Å². The molecule has 2 aromatic rings. The molecule has 0 saturated carbocycles. The zero-order valence-electron chi connectivity index (χ0n) is 12.2. The third-order valence-electron chi connectivity index (χ3n) is 2.80. The van der Waals surface area contributed by atoms with Gasteiger partial charge in [0, 0.05) is 17.4 Å². The number of ether oxygens (including phenoxy) is 2. The molecule has 2 amide bonds. The van der Waals surface area contributed by atoms with Crippen molar-refractivity contribution in [3.05, 3.63) is 48.5 Å². The monoisotopic (exact) mass is 302 g/mol. The molecule has 0 aromatic heterocycles. The summed E-state index contributed by atoms with van der Waals surface area (Å²) in [6.45, 7) is 0.150. The van der Waals surface area contributed by atoms with Crippen LogP contribution in [0.1, 0.15) is 0 Å². The van der Waals surface area contributed by atoms with Crippen molar-refractivity contribution in [2.45, 2.75) is 0 Å². The van der Waals surface area contributed by atoms with E-state index >= 15 is 0 Å². The third kappa shape index (κ3) is 4.68. The van der Waals surface area contributed by atoms with E-state index in [4.69, 9.17) is 14.6 Å². The second-order valence-corrected chi connectivity index (χ2v) is 4.41. The lowest BCUT2D eigenvalue weighted by Crippen LogP contribution is -2.19. The molecule has 6 nitrogen and oxygen atoms in total. The van der Waals surface area contributed by atoms with Crippen LogP contribution < -0.4 is 20.1 Å². The standard InChI is InChI=1S/C16H18N2O4/c1-21-14-7-5-12(6-8-14)17-16(20)18-13-3-2-4-15(11-13)22-10-9-19/h2-8,11,19H,9-10H2,1H3,(H2,17,18,20). The smallest absolute Gasteiger partial charge is 0.323 e. The number of hydrogen-bond donors (Lipinski definition) is 3. The lowest BCUT2D eigenvalue weighted by Gasteiger charge is -2.10. The van der Waals surface area contributed by atoms with E-state index in [1.54, 1.807) is 55.6 Å². The number of urea groups is 1. The summed E-state index contributed by atoms with van der Waals surface area (Å²) in [7, 11) is 1.58. The Labute approximate surface area is 128 Å².